The molecule has 0 aromatic heterocycles. The standard InChI is InChI=1S/C16H23N/c1-12-8-13(2)10-14(9-12)16(6-3-7-16)11-17-15-4-5-15/h8-10,15,17H,3-7,11H2,1-2H3. The Morgan fingerprint density at radius 3 is 2.24 bits per heavy atom. The van der Waals surface area contributed by atoms with Crippen molar-refractivity contribution in [3.63, 3.8) is 0 Å². The molecule has 0 heterocycles. The summed E-state index contributed by atoms with van der Waals surface area (Å²) >= 11 is 0. The van der Waals surface area contributed by atoms with E-state index < -0.39 is 0 Å². The zero-order chi connectivity index (χ0) is 11.9. The van der Waals surface area contributed by atoms with Gasteiger partial charge in [0.05, 0.1) is 0 Å². The molecular weight excluding hydrogens is 206 g/mol. The predicted molar refractivity (Wildman–Crippen MR) is 72.5 cm³/mol. The fourth-order valence-electron chi connectivity index (χ4n) is 3.08. The van der Waals surface area contributed by atoms with Crippen molar-refractivity contribution in [3.05, 3.63) is 34.9 Å². The van der Waals surface area contributed by atoms with Gasteiger partial charge in [-0.15, -0.1) is 0 Å². The maximum absolute atomic E-state index is 3.74. The molecule has 0 unspecified atom stereocenters. The average Bonchev–Trinajstić information content (AvgIpc) is 2.98. The third-order valence-electron chi connectivity index (χ3n) is 4.45. The van der Waals surface area contributed by atoms with Crippen molar-refractivity contribution in [1.29, 1.82) is 0 Å². The topological polar surface area (TPSA) is 12.0 Å². The molecule has 0 atom stereocenters. The van der Waals surface area contributed by atoms with E-state index >= 15 is 0 Å². The lowest BCUT2D eigenvalue weighted by atomic mass is 9.64. The molecule has 2 fully saturated rings. The summed E-state index contributed by atoms with van der Waals surface area (Å²) in [6.45, 7) is 5.63. The number of rotatable bonds is 4. The van der Waals surface area contributed by atoms with Gasteiger partial charge in [0, 0.05) is 18.0 Å². The summed E-state index contributed by atoms with van der Waals surface area (Å²) in [7, 11) is 0. The Hall–Kier alpha value is -0.820. The van der Waals surface area contributed by atoms with Crippen LogP contribution in [0, 0.1) is 13.8 Å². The second-order valence-corrected chi connectivity index (χ2v) is 6.17. The lowest BCUT2D eigenvalue weighted by Gasteiger charge is -2.43. The predicted octanol–water partition coefficient (Wildman–Crippen LogP) is 3.48. The summed E-state index contributed by atoms with van der Waals surface area (Å²) in [4.78, 5) is 0. The number of benzene rings is 1. The summed E-state index contributed by atoms with van der Waals surface area (Å²) in [5, 5.41) is 3.74. The van der Waals surface area contributed by atoms with Gasteiger partial charge in [-0.1, -0.05) is 35.7 Å². The summed E-state index contributed by atoms with van der Waals surface area (Å²) in [5.74, 6) is 0. The van der Waals surface area contributed by atoms with Crippen LogP contribution in [0.4, 0.5) is 0 Å². The first-order valence-corrected chi connectivity index (χ1v) is 7.00. The van der Waals surface area contributed by atoms with E-state index in [9.17, 15) is 0 Å². The Balaban J connectivity index is 1.81. The number of aryl methyl sites for hydroxylation is 2. The Labute approximate surface area is 105 Å². The van der Waals surface area contributed by atoms with Crippen LogP contribution in [0.15, 0.2) is 18.2 Å². The molecule has 1 N–H and O–H groups in total. The molecular formula is C16H23N. The normalized spacial score (nSPS) is 22.2. The maximum Gasteiger partial charge on any atom is 0.00780 e. The highest BCUT2D eigenvalue weighted by molar-refractivity contribution is 5.36. The van der Waals surface area contributed by atoms with Gasteiger partial charge in [0.2, 0.25) is 0 Å². The molecule has 0 bridgehead atoms. The van der Waals surface area contributed by atoms with E-state index in [1.165, 1.54) is 49.8 Å². The molecule has 0 radical (unpaired) electrons. The molecule has 0 aliphatic heterocycles. The van der Waals surface area contributed by atoms with Gasteiger partial charge < -0.3 is 5.32 Å². The largest absolute Gasteiger partial charge is 0.313 e. The van der Waals surface area contributed by atoms with Gasteiger partial charge in [-0.3, -0.25) is 0 Å². The highest BCUT2D eigenvalue weighted by atomic mass is 15.0. The minimum Gasteiger partial charge on any atom is -0.313 e. The zero-order valence-corrected chi connectivity index (χ0v) is 11.1. The number of hydrogen-bond donors (Lipinski definition) is 1. The van der Waals surface area contributed by atoms with Crippen LogP contribution >= 0.6 is 0 Å². The van der Waals surface area contributed by atoms with Crippen LogP contribution in [0.25, 0.3) is 0 Å². The minimum absolute atomic E-state index is 0.458. The molecule has 17 heavy (non-hydrogen) atoms. The molecule has 0 saturated heterocycles. The number of nitrogens with one attached hydrogen (secondary N) is 1. The Bertz CT molecular complexity index is 393. The molecule has 0 spiro atoms. The molecule has 2 saturated carbocycles. The SMILES string of the molecule is Cc1cc(C)cc(C2(CNC3CC3)CCC2)c1. The van der Waals surface area contributed by atoms with Gasteiger partial charge in [-0.05, 0) is 45.1 Å². The van der Waals surface area contributed by atoms with Crippen LogP contribution in [0.2, 0.25) is 0 Å². The van der Waals surface area contributed by atoms with Crippen LogP contribution in [0.5, 0.6) is 0 Å². The van der Waals surface area contributed by atoms with Crippen LogP contribution in [0.1, 0.15) is 48.8 Å². The van der Waals surface area contributed by atoms with Crippen molar-refractivity contribution in [2.75, 3.05) is 6.54 Å². The van der Waals surface area contributed by atoms with E-state index in [1.54, 1.807) is 5.56 Å². The molecule has 1 heteroatoms. The van der Waals surface area contributed by atoms with Crippen molar-refractivity contribution in [3.8, 4) is 0 Å². The summed E-state index contributed by atoms with van der Waals surface area (Å²) < 4.78 is 0. The molecule has 1 aromatic rings. The molecule has 2 aliphatic rings. The highest BCUT2D eigenvalue weighted by Crippen LogP contribution is 2.44. The zero-order valence-electron chi connectivity index (χ0n) is 11.1. The van der Waals surface area contributed by atoms with Gasteiger partial charge in [0.25, 0.3) is 0 Å². The van der Waals surface area contributed by atoms with Crippen LogP contribution < -0.4 is 5.32 Å². The second kappa shape index (κ2) is 4.13. The lowest BCUT2D eigenvalue weighted by Crippen LogP contribution is -2.44. The van der Waals surface area contributed by atoms with Gasteiger partial charge >= 0.3 is 0 Å². The molecule has 3 rings (SSSR count). The fourth-order valence-corrected chi connectivity index (χ4v) is 3.08. The first-order chi connectivity index (χ1) is 8.18. The number of hydrogen-bond acceptors (Lipinski definition) is 1. The Morgan fingerprint density at radius 2 is 1.76 bits per heavy atom. The highest BCUT2D eigenvalue weighted by Gasteiger charge is 2.39. The Morgan fingerprint density at radius 1 is 1.12 bits per heavy atom. The first-order valence-electron chi connectivity index (χ1n) is 7.00. The summed E-state index contributed by atoms with van der Waals surface area (Å²) in [6, 6.07) is 7.92. The van der Waals surface area contributed by atoms with Crippen molar-refractivity contribution < 1.29 is 0 Å². The van der Waals surface area contributed by atoms with E-state index in [-0.39, 0.29) is 0 Å². The van der Waals surface area contributed by atoms with Crippen LogP contribution in [-0.2, 0) is 5.41 Å². The molecule has 2 aliphatic carbocycles. The summed E-state index contributed by atoms with van der Waals surface area (Å²) in [5.41, 5.74) is 4.86. The molecule has 1 nitrogen and oxygen atoms in total. The molecule has 92 valence electrons. The third-order valence-corrected chi connectivity index (χ3v) is 4.45. The average molecular weight is 229 g/mol. The third kappa shape index (κ3) is 2.26. The van der Waals surface area contributed by atoms with Crippen molar-refractivity contribution in [2.45, 2.75) is 57.4 Å². The van der Waals surface area contributed by atoms with Gasteiger partial charge in [0.1, 0.15) is 0 Å². The smallest absolute Gasteiger partial charge is 0.00780 e. The van der Waals surface area contributed by atoms with Crippen LogP contribution in [-0.4, -0.2) is 12.6 Å². The monoisotopic (exact) mass is 229 g/mol. The fraction of sp³-hybridized carbons (Fsp3) is 0.625. The van der Waals surface area contributed by atoms with Gasteiger partial charge in [0.15, 0.2) is 0 Å². The molecule has 1 aromatic carbocycles. The quantitative estimate of drug-likeness (QED) is 0.833. The van der Waals surface area contributed by atoms with Crippen LogP contribution in [0.3, 0.4) is 0 Å². The van der Waals surface area contributed by atoms with E-state index in [1.807, 2.05) is 0 Å². The van der Waals surface area contributed by atoms with Crippen molar-refractivity contribution >= 4 is 0 Å². The van der Waals surface area contributed by atoms with Gasteiger partial charge in [-0.25, -0.2) is 0 Å². The van der Waals surface area contributed by atoms with Gasteiger partial charge in [-0.2, -0.15) is 0 Å². The van der Waals surface area contributed by atoms with E-state index in [4.69, 9.17) is 0 Å². The second-order valence-electron chi connectivity index (χ2n) is 6.17. The maximum atomic E-state index is 3.74. The first kappa shape index (κ1) is 11.3. The van der Waals surface area contributed by atoms with E-state index in [0.717, 1.165) is 6.04 Å². The minimum atomic E-state index is 0.458. The van der Waals surface area contributed by atoms with E-state index in [0.29, 0.717) is 5.41 Å². The molecule has 0 amide bonds. The van der Waals surface area contributed by atoms with Crippen molar-refractivity contribution in [2.24, 2.45) is 0 Å². The van der Waals surface area contributed by atoms with Crippen molar-refractivity contribution in [1.82, 2.24) is 5.32 Å². The lowest BCUT2D eigenvalue weighted by molar-refractivity contribution is 0.233. The summed E-state index contributed by atoms with van der Waals surface area (Å²) in [6.07, 6.45) is 6.93. The Kier molecular flexibility index (Phi) is 2.74. The van der Waals surface area contributed by atoms with E-state index in [2.05, 4.69) is 37.4 Å².